The Bertz CT molecular complexity index is 501. The molecule has 0 aromatic rings. The molecule has 2 rings (SSSR count). The van der Waals surface area contributed by atoms with Crippen LogP contribution in [0.2, 0.25) is 0 Å². The first-order valence-electron chi connectivity index (χ1n) is 7.11. The highest BCUT2D eigenvalue weighted by molar-refractivity contribution is 7.89. The number of halogens is 3. The molecule has 1 unspecified atom stereocenters. The second-order valence-electron chi connectivity index (χ2n) is 5.48. The zero-order valence-electron chi connectivity index (χ0n) is 11.9. The van der Waals surface area contributed by atoms with Crippen molar-refractivity contribution in [2.75, 3.05) is 25.5 Å². The van der Waals surface area contributed by atoms with Crippen LogP contribution in [0.3, 0.4) is 0 Å². The van der Waals surface area contributed by atoms with Crippen molar-refractivity contribution in [2.45, 2.75) is 38.0 Å². The Labute approximate surface area is 127 Å². The van der Waals surface area contributed by atoms with Crippen molar-refractivity contribution < 1.29 is 31.2 Å². The van der Waals surface area contributed by atoms with Crippen molar-refractivity contribution in [1.29, 1.82) is 0 Å². The lowest BCUT2D eigenvalue weighted by Crippen LogP contribution is -2.35. The minimum atomic E-state index is -4.53. The summed E-state index contributed by atoms with van der Waals surface area (Å²) in [7, 11) is -3.52. The molecule has 0 aromatic heterocycles. The number of nitrogens with one attached hydrogen (secondary N) is 1. The molecule has 0 amide bonds. The molecule has 10 heteroatoms. The zero-order chi connectivity index (χ0) is 16.2. The summed E-state index contributed by atoms with van der Waals surface area (Å²) >= 11 is 0. The second kappa shape index (κ2) is 7.14. The van der Waals surface area contributed by atoms with E-state index in [9.17, 15) is 21.6 Å². The lowest BCUT2D eigenvalue weighted by atomic mass is 9.98. The van der Waals surface area contributed by atoms with E-state index in [1.807, 2.05) is 0 Å². The van der Waals surface area contributed by atoms with Gasteiger partial charge in [0.25, 0.3) is 0 Å². The fraction of sp³-hybridized carbons (Fsp3) is 0.917. The zero-order valence-corrected chi connectivity index (χ0v) is 12.8. The third-order valence-electron chi connectivity index (χ3n) is 3.73. The van der Waals surface area contributed by atoms with Gasteiger partial charge in [-0.15, -0.1) is 0 Å². The van der Waals surface area contributed by atoms with Crippen LogP contribution in [0.4, 0.5) is 13.2 Å². The molecular formula is C12H19F3N2O4S. The highest BCUT2D eigenvalue weighted by Crippen LogP contribution is 2.25. The molecule has 2 heterocycles. The van der Waals surface area contributed by atoms with Gasteiger partial charge < -0.3 is 9.57 Å². The maximum absolute atomic E-state index is 12.4. The van der Waals surface area contributed by atoms with Crippen LogP contribution in [0.5, 0.6) is 0 Å². The standard InChI is InChI=1S/C12H19F3N2O4S/c13-12(14,15)11-7-10(21-17-11)8-16-22(18,19)6-3-9-1-4-20-5-2-9/h9-10,16H,1-8H2. The van der Waals surface area contributed by atoms with Crippen molar-refractivity contribution in [2.24, 2.45) is 11.1 Å². The molecule has 1 atom stereocenters. The summed E-state index contributed by atoms with van der Waals surface area (Å²) in [5.74, 6) is 0.269. The molecule has 0 aliphatic carbocycles. The number of rotatable bonds is 6. The van der Waals surface area contributed by atoms with E-state index in [-0.39, 0.29) is 12.3 Å². The fourth-order valence-electron chi connectivity index (χ4n) is 2.35. The first kappa shape index (κ1) is 17.5. The minimum absolute atomic E-state index is 0.0443. The molecule has 6 nitrogen and oxygen atoms in total. The number of ether oxygens (including phenoxy) is 1. The molecule has 0 aromatic carbocycles. The van der Waals surface area contributed by atoms with E-state index >= 15 is 0 Å². The van der Waals surface area contributed by atoms with Crippen LogP contribution in [-0.4, -0.2) is 51.9 Å². The largest absolute Gasteiger partial charge is 0.432 e. The first-order chi connectivity index (χ1) is 10.3. The van der Waals surface area contributed by atoms with Gasteiger partial charge in [0.2, 0.25) is 10.0 Å². The average molecular weight is 344 g/mol. The van der Waals surface area contributed by atoms with E-state index in [4.69, 9.17) is 4.74 Å². The van der Waals surface area contributed by atoms with Gasteiger partial charge in [0, 0.05) is 19.6 Å². The van der Waals surface area contributed by atoms with E-state index in [1.165, 1.54) is 0 Å². The highest BCUT2D eigenvalue weighted by Gasteiger charge is 2.41. The minimum Gasteiger partial charge on any atom is -0.390 e. The number of sulfonamides is 1. The number of hydrogen-bond acceptors (Lipinski definition) is 5. The quantitative estimate of drug-likeness (QED) is 0.791. The molecule has 0 bridgehead atoms. The average Bonchev–Trinajstić information content (AvgIpc) is 2.94. The summed E-state index contributed by atoms with van der Waals surface area (Å²) in [5, 5.41) is 2.95. The summed E-state index contributed by atoms with van der Waals surface area (Å²) in [5.41, 5.74) is -1.01. The Hall–Kier alpha value is -0.870. The van der Waals surface area contributed by atoms with Crippen LogP contribution < -0.4 is 4.72 Å². The summed E-state index contributed by atoms with van der Waals surface area (Å²) < 4.78 is 68.3. The lowest BCUT2D eigenvalue weighted by molar-refractivity contribution is -0.0604. The molecule has 1 saturated heterocycles. The third-order valence-corrected chi connectivity index (χ3v) is 5.11. The Kier molecular flexibility index (Phi) is 5.67. The van der Waals surface area contributed by atoms with Crippen molar-refractivity contribution in [3.05, 3.63) is 0 Å². The Morgan fingerprint density at radius 2 is 1.95 bits per heavy atom. The van der Waals surface area contributed by atoms with Crippen LogP contribution in [0.15, 0.2) is 5.16 Å². The molecule has 0 spiro atoms. The number of alkyl halides is 3. The Morgan fingerprint density at radius 1 is 1.27 bits per heavy atom. The van der Waals surface area contributed by atoms with E-state index in [0.717, 1.165) is 12.8 Å². The van der Waals surface area contributed by atoms with Crippen molar-refractivity contribution >= 4 is 15.7 Å². The SMILES string of the molecule is O=S(=O)(CCC1CCOCC1)NCC1CC(C(F)(F)F)=NO1. The van der Waals surface area contributed by atoms with Crippen LogP contribution in [0, 0.1) is 5.92 Å². The summed E-state index contributed by atoms with van der Waals surface area (Å²) in [6.45, 7) is 1.08. The fourth-order valence-corrected chi connectivity index (χ4v) is 3.58. The molecule has 1 N–H and O–H groups in total. The highest BCUT2D eigenvalue weighted by atomic mass is 32.2. The first-order valence-corrected chi connectivity index (χ1v) is 8.76. The molecule has 128 valence electrons. The molecule has 1 fully saturated rings. The maximum Gasteiger partial charge on any atom is 0.432 e. The van der Waals surface area contributed by atoms with Gasteiger partial charge in [-0.3, -0.25) is 0 Å². The van der Waals surface area contributed by atoms with Gasteiger partial charge in [-0.2, -0.15) is 13.2 Å². The van der Waals surface area contributed by atoms with Crippen LogP contribution in [0.1, 0.15) is 25.7 Å². The van der Waals surface area contributed by atoms with Gasteiger partial charge in [0.15, 0.2) is 5.71 Å². The Balaban J connectivity index is 1.70. The van der Waals surface area contributed by atoms with E-state index in [0.29, 0.717) is 25.6 Å². The summed E-state index contributed by atoms with van der Waals surface area (Å²) in [6, 6.07) is 0. The molecule has 2 aliphatic rings. The smallest absolute Gasteiger partial charge is 0.390 e. The van der Waals surface area contributed by atoms with Gasteiger partial charge in [-0.25, -0.2) is 13.1 Å². The molecule has 0 saturated carbocycles. The Morgan fingerprint density at radius 3 is 2.55 bits per heavy atom. The van der Waals surface area contributed by atoms with E-state index in [2.05, 4.69) is 14.7 Å². The van der Waals surface area contributed by atoms with Crippen molar-refractivity contribution in [1.82, 2.24) is 4.72 Å². The topological polar surface area (TPSA) is 77.0 Å². The van der Waals surface area contributed by atoms with Gasteiger partial charge >= 0.3 is 6.18 Å². The van der Waals surface area contributed by atoms with E-state index in [1.54, 1.807) is 0 Å². The van der Waals surface area contributed by atoms with Gasteiger partial charge in [-0.05, 0) is 25.2 Å². The van der Waals surface area contributed by atoms with Crippen molar-refractivity contribution in [3.8, 4) is 0 Å². The van der Waals surface area contributed by atoms with Crippen LogP contribution >= 0.6 is 0 Å². The predicted molar refractivity (Wildman–Crippen MR) is 72.9 cm³/mol. The summed E-state index contributed by atoms with van der Waals surface area (Å²) in [6.07, 6.45) is -3.68. The number of hydrogen-bond donors (Lipinski definition) is 1. The monoisotopic (exact) mass is 344 g/mol. The summed E-state index contributed by atoms with van der Waals surface area (Å²) in [4.78, 5) is 4.61. The molecular weight excluding hydrogens is 325 g/mol. The van der Waals surface area contributed by atoms with Crippen molar-refractivity contribution in [3.63, 3.8) is 0 Å². The normalized spacial score (nSPS) is 24.1. The predicted octanol–water partition coefficient (Wildman–Crippen LogP) is 1.43. The lowest BCUT2D eigenvalue weighted by Gasteiger charge is -2.21. The maximum atomic E-state index is 12.4. The van der Waals surface area contributed by atoms with E-state index < -0.39 is 34.4 Å². The molecule has 22 heavy (non-hydrogen) atoms. The molecule has 0 radical (unpaired) electrons. The molecule has 2 aliphatic heterocycles. The van der Waals surface area contributed by atoms with Crippen LogP contribution in [-0.2, 0) is 19.6 Å². The van der Waals surface area contributed by atoms with Gasteiger partial charge in [-0.1, -0.05) is 5.16 Å². The van der Waals surface area contributed by atoms with Crippen LogP contribution in [0.25, 0.3) is 0 Å². The second-order valence-corrected chi connectivity index (χ2v) is 7.41. The van der Waals surface area contributed by atoms with Gasteiger partial charge in [0.05, 0.1) is 12.3 Å². The number of nitrogens with zero attached hydrogens (tertiary/aromatic N) is 1. The number of oxime groups is 1. The third kappa shape index (κ3) is 5.40. The van der Waals surface area contributed by atoms with Gasteiger partial charge in [0.1, 0.15) is 6.10 Å².